The molecule has 0 saturated carbocycles. The van der Waals surface area contributed by atoms with Crippen molar-refractivity contribution in [1.82, 2.24) is 0 Å². The molecular weight excluding hydrogens is 267 g/mol. The second-order valence-electron chi connectivity index (χ2n) is 4.44. The van der Waals surface area contributed by atoms with Gasteiger partial charge >= 0.3 is 0 Å². The zero-order chi connectivity index (χ0) is 13.5. The van der Waals surface area contributed by atoms with Gasteiger partial charge < -0.3 is 4.74 Å². The van der Waals surface area contributed by atoms with E-state index < -0.39 is 11.7 Å². The van der Waals surface area contributed by atoms with E-state index in [-0.39, 0.29) is 5.82 Å². The predicted octanol–water partition coefficient (Wildman–Crippen LogP) is 3.64. The number of hydrogen-bond donors (Lipinski definition) is 0. The lowest BCUT2D eigenvalue weighted by molar-refractivity contribution is -0.112. The lowest BCUT2D eigenvalue weighted by atomic mass is 9.93. The Morgan fingerprint density at radius 1 is 1.16 bits per heavy atom. The van der Waals surface area contributed by atoms with Gasteiger partial charge in [0.1, 0.15) is 11.9 Å². The predicted molar refractivity (Wildman–Crippen MR) is 69.4 cm³/mol. The van der Waals surface area contributed by atoms with Crippen LogP contribution in [-0.2, 0) is 15.1 Å². The summed E-state index contributed by atoms with van der Waals surface area (Å²) in [7, 11) is 0. The van der Waals surface area contributed by atoms with Gasteiger partial charge in [0.25, 0.3) is 0 Å². The van der Waals surface area contributed by atoms with Crippen molar-refractivity contribution in [1.29, 1.82) is 0 Å². The fraction of sp³-hybridized carbons (Fsp3) is 0.133. The molecule has 0 aromatic heterocycles. The minimum absolute atomic E-state index is 0.347. The van der Waals surface area contributed by atoms with Gasteiger partial charge in [0, 0.05) is 10.6 Å². The van der Waals surface area contributed by atoms with Crippen LogP contribution in [0, 0.1) is 5.82 Å². The van der Waals surface area contributed by atoms with Crippen molar-refractivity contribution < 1.29 is 13.9 Å². The number of hydrogen-bond acceptors (Lipinski definition) is 2. The Morgan fingerprint density at radius 3 is 2.47 bits per heavy atom. The highest BCUT2D eigenvalue weighted by molar-refractivity contribution is 6.31. The van der Waals surface area contributed by atoms with E-state index in [0.717, 1.165) is 11.8 Å². The molecule has 0 amide bonds. The Balaban J connectivity index is 1.99. The number of benzene rings is 2. The van der Waals surface area contributed by atoms with Crippen LogP contribution in [0.1, 0.15) is 17.2 Å². The Kier molecular flexibility index (Phi) is 2.88. The van der Waals surface area contributed by atoms with E-state index >= 15 is 0 Å². The van der Waals surface area contributed by atoms with E-state index in [0.29, 0.717) is 10.6 Å². The van der Waals surface area contributed by atoms with Crippen molar-refractivity contribution in [3.05, 3.63) is 70.5 Å². The second-order valence-corrected chi connectivity index (χ2v) is 4.84. The summed E-state index contributed by atoms with van der Waals surface area (Å²) in [6, 6.07) is 13.0. The quantitative estimate of drug-likeness (QED) is 0.633. The van der Waals surface area contributed by atoms with Crippen molar-refractivity contribution in [2.45, 2.75) is 11.7 Å². The maximum atomic E-state index is 12.9. The van der Waals surface area contributed by atoms with Crippen LogP contribution < -0.4 is 0 Å². The summed E-state index contributed by atoms with van der Waals surface area (Å²) in [6.07, 6.45) is 0.331. The van der Waals surface area contributed by atoms with Crippen LogP contribution in [0.5, 0.6) is 0 Å². The van der Waals surface area contributed by atoms with Crippen molar-refractivity contribution >= 4 is 17.9 Å². The average Bonchev–Trinajstić information content (AvgIpc) is 3.16. The smallest absolute Gasteiger partial charge is 0.179 e. The molecule has 1 fully saturated rings. The number of carbonyl (C=O) groups excluding carboxylic acids is 1. The minimum Gasteiger partial charge on any atom is -0.348 e. The molecule has 2 aromatic rings. The Morgan fingerprint density at radius 2 is 1.84 bits per heavy atom. The second kappa shape index (κ2) is 4.44. The molecule has 0 bridgehead atoms. The summed E-state index contributed by atoms with van der Waals surface area (Å²) >= 11 is 6.10. The van der Waals surface area contributed by atoms with Gasteiger partial charge in [0.05, 0.1) is 0 Å². The molecule has 1 saturated heterocycles. The summed E-state index contributed by atoms with van der Waals surface area (Å²) in [5.74, 6) is -0.347. The van der Waals surface area contributed by atoms with Crippen LogP contribution in [0.15, 0.2) is 48.5 Å². The lowest BCUT2D eigenvalue weighted by Gasteiger charge is -2.06. The molecule has 3 rings (SSSR count). The summed E-state index contributed by atoms with van der Waals surface area (Å²) in [4.78, 5) is 11.4. The zero-order valence-electron chi connectivity index (χ0n) is 9.85. The number of halogens is 2. The maximum absolute atomic E-state index is 12.9. The Hall–Kier alpha value is -1.71. The SMILES string of the molecule is O=CC1(c2ccc(F)cc2)OC1c1ccccc1Cl. The van der Waals surface area contributed by atoms with Gasteiger partial charge in [-0.25, -0.2) is 4.39 Å². The monoisotopic (exact) mass is 276 g/mol. The van der Waals surface area contributed by atoms with E-state index in [2.05, 4.69) is 0 Å². The topological polar surface area (TPSA) is 29.6 Å². The fourth-order valence-corrected chi connectivity index (χ4v) is 2.47. The molecule has 1 aliphatic rings. The van der Waals surface area contributed by atoms with E-state index in [9.17, 15) is 9.18 Å². The van der Waals surface area contributed by atoms with Crippen LogP contribution >= 0.6 is 11.6 Å². The lowest BCUT2D eigenvalue weighted by Crippen LogP contribution is -2.12. The van der Waals surface area contributed by atoms with Gasteiger partial charge in [-0.3, -0.25) is 4.79 Å². The van der Waals surface area contributed by atoms with Gasteiger partial charge in [-0.2, -0.15) is 0 Å². The van der Waals surface area contributed by atoms with E-state index in [1.54, 1.807) is 18.2 Å². The van der Waals surface area contributed by atoms with Crippen LogP contribution in [0.25, 0.3) is 0 Å². The highest BCUT2D eigenvalue weighted by Crippen LogP contribution is 2.56. The molecule has 4 heteroatoms. The first-order chi connectivity index (χ1) is 9.17. The van der Waals surface area contributed by atoms with Crippen molar-refractivity contribution in [3.63, 3.8) is 0 Å². The Bertz CT molecular complexity index is 626. The average molecular weight is 277 g/mol. The molecule has 0 radical (unpaired) electrons. The molecule has 0 aliphatic carbocycles. The highest BCUT2D eigenvalue weighted by Gasteiger charge is 2.59. The molecule has 19 heavy (non-hydrogen) atoms. The summed E-state index contributed by atoms with van der Waals surface area (Å²) < 4.78 is 18.5. The fourth-order valence-electron chi connectivity index (χ4n) is 2.23. The van der Waals surface area contributed by atoms with Crippen molar-refractivity contribution in [2.24, 2.45) is 0 Å². The number of epoxide rings is 1. The van der Waals surface area contributed by atoms with Crippen LogP contribution in [0.2, 0.25) is 5.02 Å². The molecule has 2 atom stereocenters. The molecule has 0 spiro atoms. The van der Waals surface area contributed by atoms with Gasteiger partial charge in [-0.05, 0) is 23.8 Å². The van der Waals surface area contributed by atoms with Gasteiger partial charge in [-0.15, -0.1) is 0 Å². The van der Waals surface area contributed by atoms with Crippen LogP contribution in [-0.4, -0.2) is 6.29 Å². The Labute approximate surface area is 114 Å². The molecule has 1 heterocycles. The molecule has 2 nitrogen and oxygen atoms in total. The first kappa shape index (κ1) is 12.3. The molecule has 2 unspecified atom stereocenters. The third kappa shape index (κ3) is 1.95. The molecule has 96 valence electrons. The summed E-state index contributed by atoms with van der Waals surface area (Å²) in [6.45, 7) is 0. The summed E-state index contributed by atoms with van der Waals surface area (Å²) in [5.41, 5.74) is 0.355. The number of carbonyl (C=O) groups is 1. The summed E-state index contributed by atoms with van der Waals surface area (Å²) in [5, 5.41) is 0.554. The van der Waals surface area contributed by atoms with Crippen molar-refractivity contribution in [2.75, 3.05) is 0 Å². The molecular formula is C15H10ClFO2. The first-order valence-corrected chi connectivity index (χ1v) is 6.20. The van der Waals surface area contributed by atoms with Gasteiger partial charge in [0.2, 0.25) is 0 Å². The number of ether oxygens (including phenoxy) is 1. The molecule has 1 aliphatic heterocycles. The van der Waals surface area contributed by atoms with Gasteiger partial charge in [0.15, 0.2) is 11.9 Å². The first-order valence-electron chi connectivity index (χ1n) is 5.82. The third-order valence-electron chi connectivity index (χ3n) is 3.30. The third-order valence-corrected chi connectivity index (χ3v) is 3.65. The van der Waals surface area contributed by atoms with E-state index in [4.69, 9.17) is 16.3 Å². The standard InChI is InChI=1S/C15H10ClFO2/c16-13-4-2-1-3-12(13)14-15(9-18,19-14)10-5-7-11(17)8-6-10/h1-9,14H. The number of aldehydes is 1. The normalized spacial score (nSPS) is 25.1. The maximum Gasteiger partial charge on any atom is 0.179 e. The molecule has 0 N–H and O–H groups in total. The van der Waals surface area contributed by atoms with Crippen molar-refractivity contribution in [3.8, 4) is 0 Å². The van der Waals surface area contributed by atoms with E-state index in [1.165, 1.54) is 12.1 Å². The van der Waals surface area contributed by atoms with Gasteiger partial charge in [-0.1, -0.05) is 41.9 Å². The number of rotatable bonds is 3. The highest BCUT2D eigenvalue weighted by atomic mass is 35.5. The minimum atomic E-state index is -1.04. The van der Waals surface area contributed by atoms with Crippen LogP contribution in [0.4, 0.5) is 4.39 Å². The van der Waals surface area contributed by atoms with Crippen LogP contribution in [0.3, 0.4) is 0 Å². The largest absolute Gasteiger partial charge is 0.348 e. The molecule has 2 aromatic carbocycles. The zero-order valence-corrected chi connectivity index (χ0v) is 10.6. The van der Waals surface area contributed by atoms with E-state index in [1.807, 2.05) is 18.2 Å².